The number of hydrogen-bond acceptors (Lipinski definition) is 42. The fraction of sp³-hybridized carbons (Fsp3) is 1.00. The van der Waals surface area contributed by atoms with Gasteiger partial charge in [-0.05, 0) is 0 Å². The molecule has 0 unspecified atom stereocenters. The molecular formula is C28H84O42Si28. The van der Waals surface area contributed by atoms with Gasteiger partial charge in [-0.2, -0.15) is 0 Å². The van der Waals surface area contributed by atoms with Gasteiger partial charge in [-0.25, -0.2) is 0 Å². The molecule has 0 atom stereocenters. The van der Waals surface area contributed by atoms with Crippen molar-refractivity contribution in [2.45, 2.75) is 183 Å². The maximum atomic E-state index is 6.61. The van der Waals surface area contributed by atoms with E-state index in [-0.39, 0.29) is 0 Å². The van der Waals surface area contributed by atoms with E-state index in [1.807, 2.05) is 65.5 Å². The highest BCUT2D eigenvalue weighted by atomic mass is 28.7. The molecule has 0 saturated carbocycles. The Morgan fingerprint density at radius 1 is 0.0612 bits per heavy atom. The highest BCUT2D eigenvalue weighted by Gasteiger charge is 2.84. The van der Waals surface area contributed by atoms with Crippen LogP contribution in [0.2, 0.25) is 183 Å². The maximum Gasteiger partial charge on any atom is 0.475 e. The van der Waals surface area contributed by atoms with Crippen molar-refractivity contribution in [1.82, 2.24) is 0 Å². The molecule has 0 aromatic heterocycles. The second-order valence-electron chi connectivity index (χ2n) is 28.4. The van der Waals surface area contributed by atoms with Crippen LogP contribution in [0.1, 0.15) is 0 Å². The lowest BCUT2D eigenvalue weighted by Gasteiger charge is -2.60. The van der Waals surface area contributed by atoms with Crippen molar-refractivity contribution in [3.8, 4) is 0 Å². The van der Waals surface area contributed by atoms with Gasteiger partial charge in [-0.1, -0.05) is 0 Å². The Bertz CT molecular complexity index is 2610. The molecule has 0 aromatic carbocycles. The highest BCUT2D eigenvalue weighted by molar-refractivity contribution is 7.07. The number of hydrogen-bond donors (Lipinski definition) is 0. The fourth-order valence-corrected chi connectivity index (χ4v) is 175. The SMILES string of the molecule is C[Si]12O[Si]3(C)O[Si](C)(O1)O[Si](C)(O2)O3.C[Si]12O[Si]3(C)O[Si](C)(O1)O[Si]1(C)O[Si](C)(O[Si](C)(O1)O3)O2.C[Si]12O[Si]3(C)O[Si]4(C)O[Si](C)(O1)O[Si]1(C)O[Si](C)(O2)O[Si](C)(O3)O[Si](C)(O4)O1.C[Si]12O[Si]3(C)O[Si]4(C)O[Si](C)(O1)O[Si]1(C)O[Si](C)(O4)O[Si]4(C)O[Si](C)(O[Si](C)(O[Si](C)(O3)O4)O2)O1. The molecule has 20 rings (SSSR count). The van der Waals surface area contributed by atoms with E-state index in [0.717, 1.165) is 0 Å². The highest BCUT2D eigenvalue weighted by Crippen LogP contribution is 2.54. The summed E-state index contributed by atoms with van der Waals surface area (Å²) in [6.07, 6.45) is 0. The minimum absolute atomic E-state index is 1.73. The van der Waals surface area contributed by atoms with Crippen molar-refractivity contribution in [1.29, 1.82) is 0 Å². The fourth-order valence-electron chi connectivity index (χ4n) is 15.9. The number of rotatable bonds is 0. The van der Waals surface area contributed by atoms with Crippen LogP contribution in [0.4, 0.5) is 0 Å². The van der Waals surface area contributed by atoms with E-state index >= 15 is 0 Å². The van der Waals surface area contributed by atoms with Gasteiger partial charge in [-0.15, -0.1) is 0 Å². The number of fused-ring (bicyclic) bond motifs is 10. The Morgan fingerprint density at radius 3 is 0.102 bits per heavy atom. The zero-order valence-corrected chi connectivity index (χ0v) is 87.1. The van der Waals surface area contributed by atoms with Gasteiger partial charge in [0.25, 0.3) is 0 Å². The van der Waals surface area contributed by atoms with E-state index < -0.39 is 247 Å². The van der Waals surface area contributed by atoms with E-state index in [2.05, 4.69) is 0 Å². The van der Waals surface area contributed by atoms with Crippen molar-refractivity contribution in [2.24, 2.45) is 0 Å². The summed E-state index contributed by atoms with van der Waals surface area (Å²) in [5.41, 5.74) is 0. The summed E-state index contributed by atoms with van der Waals surface area (Å²) >= 11 is 0. The third kappa shape index (κ3) is 15.1. The van der Waals surface area contributed by atoms with Crippen LogP contribution in [0.25, 0.3) is 0 Å². The molecule has 20 saturated heterocycles. The minimum atomic E-state index is -3.65. The Kier molecular flexibility index (Phi) is 17.6. The third-order valence-corrected chi connectivity index (χ3v) is 140. The van der Waals surface area contributed by atoms with Crippen molar-refractivity contribution < 1.29 is 173 Å². The molecule has 560 valence electrons. The van der Waals surface area contributed by atoms with Crippen molar-refractivity contribution in [2.75, 3.05) is 0 Å². The first-order chi connectivity index (χ1) is 43.7. The van der Waals surface area contributed by atoms with Gasteiger partial charge < -0.3 is 173 Å². The zero-order chi connectivity index (χ0) is 71.7. The summed E-state index contributed by atoms with van der Waals surface area (Å²) in [4.78, 5) is 0. The summed E-state index contributed by atoms with van der Waals surface area (Å²) < 4.78 is 265. The predicted molar refractivity (Wildman–Crippen MR) is 371 cm³/mol. The third-order valence-electron chi connectivity index (χ3n) is 15.6. The van der Waals surface area contributed by atoms with Gasteiger partial charge in [0.1, 0.15) is 0 Å². The standard InChI is InChI=1S/C10H30O15Si10.C8H24O12Si8.C6H18O9Si6.C4H12O6Si4/c1-26-11-27(2)18-30(5)12-28(3,16-26)20-32(7)14-34(9,22-30)25-35(10)15-33(8,24-32)21-29(4,17-26)13-31(6,19-27)23-35;1-21-9-22(2)12-25(5)14-23(3,10-21)16-27(7)17-24(4,11-21)15-26(6,13-22)19-28(8,18-25)20-27;1-16-7-17(2)9-18(3,8-16)15-21(6)11-19(4,13-16)10-20(5,12-21)14-17;1-11-5-12(2)8-13(3,6-11)10-14(4,7-11)9-12/h1-10H3;1-8H3;1-6H3;1-4H3. The molecule has 0 radical (unpaired) electrons. The summed E-state index contributed by atoms with van der Waals surface area (Å²) in [5.74, 6) is 0. The molecular weight excluding hydrogens is 1790 g/mol. The average Bonchev–Trinajstić information content (AvgIpc) is 0.722. The minimum Gasteiger partial charge on any atom is -0.374 e. The van der Waals surface area contributed by atoms with E-state index in [4.69, 9.17) is 173 Å². The molecule has 28 bridgehead atoms. The van der Waals surface area contributed by atoms with E-state index in [1.54, 1.807) is 118 Å². The molecule has 0 amide bonds. The Balaban J connectivity index is 0.000000112. The summed E-state index contributed by atoms with van der Waals surface area (Å²) in [6, 6.07) is 0. The summed E-state index contributed by atoms with van der Waals surface area (Å²) in [7, 11) is -91.8. The van der Waals surface area contributed by atoms with Crippen LogP contribution in [0.15, 0.2) is 0 Å². The Labute approximate surface area is 597 Å². The van der Waals surface area contributed by atoms with Crippen LogP contribution in [-0.2, 0) is 173 Å². The molecule has 70 heteroatoms. The molecule has 20 fully saturated rings. The maximum absolute atomic E-state index is 6.61. The largest absolute Gasteiger partial charge is 0.475 e. The Hall–Kier alpha value is 4.39. The van der Waals surface area contributed by atoms with Crippen molar-refractivity contribution >= 4 is 247 Å². The van der Waals surface area contributed by atoms with Crippen LogP contribution < -0.4 is 0 Å². The monoisotopic (exact) mass is 1880 g/mol. The molecule has 0 spiro atoms. The van der Waals surface area contributed by atoms with Gasteiger partial charge in [0, 0.05) is 183 Å². The van der Waals surface area contributed by atoms with E-state index in [0.29, 0.717) is 0 Å². The molecule has 42 nitrogen and oxygen atoms in total. The van der Waals surface area contributed by atoms with E-state index in [1.165, 1.54) is 0 Å². The van der Waals surface area contributed by atoms with Gasteiger partial charge in [0.05, 0.1) is 0 Å². The molecule has 20 aliphatic heterocycles. The average molecular weight is 1880 g/mol. The first-order valence-corrected chi connectivity index (χ1v) is 93.4. The first-order valence-electron chi connectivity index (χ1n) is 31.1. The van der Waals surface area contributed by atoms with E-state index in [9.17, 15) is 0 Å². The second-order valence-corrected chi connectivity index (χ2v) is 111. The lowest BCUT2D eigenvalue weighted by atomic mass is 11.9. The van der Waals surface area contributed by atoms with Crippen LogP contribution >= 0.6 is 0 Å². The van der Waals surface area contributed by atoms with Crippen molar-refractivity contribution in [3.63, 3.8) is 0 Å². The molecule has 20 aliphatic rings. The summed E-state index contributed by atoms with van der Waals surface area (Å²) in [6.45, 7) is 49.7. The topological polar surface area (TPSA) is 388 Å². The lowest BCUT2D eigenvalue weighted by Crippen LogP contribution is -2.86. The molecule has 98 heavy (non-hydrogen) atoms. The second kappa shape index (κ2) is 22.2. The zero-order valence-electron chi connectivity index (χ0n) is 59.1. The van der Waals surface area contributed by atoms with Gasteiger partial charge in [0.2, 0.25) is 0 Å². The lowest BCUT2D eigenvalue weighted by molar-refractivity contribution is -0.0231. The molecule has 20 heterocycles. The van der Waals surface area contributed by atoms with Gasteiger partial charge in [0.15, 0.2) is 0 Å². The molecule has 0 N–H and O–H groups in total. The van der Waals surface area contributed by atoms with Gasteiger partial charge in [-0.3, -0.25) is 0 Å². The predicted octanol–water partition coefficient (Wildman–Crippen LogP) is 2.81. The normalized spacial score (nSPS) is 66.0. The van der Waals surface area contributed by atoms with Crippen LogP contribution in [0, 0.1) is 0 Å². The Morgan fingerprint density at radius 2 is 0.0816 bits per heavy atom. The molecule has 0 aliphatic carbocycles. The van der Waals surface area contributed by atoms with Crippen LogP contribution in [0.3, 0.4) is 0 Å². The van der Waals surface area contributed by atoms with Crippen LogP contribution in [0.5, 0.6) is 0 Å². The van der Waals surface area contributed by atoms with Gasteiger partial charge >= 0.3 is 247 Å². The first kappa shape index (κ1) is 77.7. The molecule has 0 aromatic rings. The van der Waals surface area contributed by atoms with Crippen molar-refractivity contribution in [3.05, 3.63) is 0 Å². The summed E-state index contributed by atoms with van der Waals surface area (Å²) in [5, 5.41) is 0. The van der Waals surface area contributed by atoms with Crippen LogP contribution in [-0.4, -0.2) is 247 Å². The quantitative estimate of drug-likeness (QED) is 0.315. The smallest absolute Gasteiger partial charge is 0.374 e.